The van der Waals surface area contributed by atoms with Gasteiger partial charge < -0.3 is 14.9 Å². The van der Waals surface area contributed by atoms with Crippen LogP contribution in [-0.4, -0.2) is 52.6 Å². The molecule has 1 aromatic rings. The Morgan fingerprint density at radius 1 is 1.26 bits per heavy atom. The Balaban J connectivity index is 2.11. The van der Waals surface area contributed by atoms with Crippen LogP contribution in [0.5, 0.6) is 0 Å². The molecule has 1 atom stereocenters. The highest BCUT2D eigenvalue weighted by Gasteiger charge is 2.42. The monoisotopic (exact) mass is 326 g/mol. The molecule has 0 saturated carbocycles. The Kier molecular flexibility index (Phi) is 5.70. The van der Waals surface area contributed by atoms with E-state index in [0.29, 0.717) is 31.5 Å². The molecule has 1 amide bonds. The van der Waals surface area contributed by atoms with E-state index < -0.39 is 17.2 Å². The summed E-state index contributed by atoms with van der Waals surface area (Å²) in [4.78, 5) is 16.2. The van der Waals surface area contributed by atoms with Gasteiger partial charge in [-0.05, 0) is 43.6 Å². The SMILES string of the molecule is CCN(CC)CC1(O)CCCN(Cc2ccc(F)c(F)c2)C1=O. The standard InChI is InChI=1S/C17H24F2N2O2/c1-3-20(4-2)12-17(23)8-5-9-21(16(17)22)11-13-6-7-14(18)15(19)10-13/h6-7,10,23H,3-5,8-9,11-12H2,1-2H3. The number of nitrogens with zero attached hydrogens (tertiary/aromatic N) is 2. The number of likely N-dealkylation sites (N-methyl/N-ethyl adjacent to an activating group) is 1. The minimum atomic E-state index is -1.40. The summed E-state index contributed by atoms with van der Waals surface area (Å²) in [6.45, 7) is 6.48. The van der Waals surface area contributed by atoms with E-state index in [9.17, 15) is 18.7 Å². The topological polar surface area (TPSA) is 43.8 Å². The number of piperidine rings is 1. The lowest BCUT2D eigenvalue weighted by atomic mass is 9.90. The van der Waals surface area contributed by atoms with Gasteiger partial charge in [0.1, 0.15) is 0 Å². The number of hydrogen-bond donors (Lipinski definition) is 1. The van der Waals surface area contributed by atoms with Crippen molar-refractivity contribution in [1.82, 2.24) is 9.80 Å². The fraction of sp³-hybridized carbons (Fsp3) is 0.588. The van der Waals surface area contributed by atoms with E-state index in [2.05, 4.69) is 0 Å². The van der Waals surface area contributed by atoms with Crippen LogP contribution in [0, 0.1) is 11.6 Å². The lowest BCUT2D eigenvalue weighted by Crippen LogP contribution is -2.58. The molecule has 0 spiro atoms. The molecule has 0 bridgehead atoms. The largest absolute Gasteiger partial charge is 0.379 e. The molecule has 1 heterocycles. The number of likely N-dealkylation sites (tertiary alicyclic amines) is 1. The molecule has 1 fully saturated rings. The Labute approximate surface area is 135 Å². The number of carbonyl (C=O) groups excluding carboxylic acids is 1. The van der Waals surface area contributed by atoms with Crippen LogP contribution in [0.4, 0.5) is 8.78 Å². The highest BCUT2D eigenvalue weighted by Crippen LogP contribution is 2.25. The first-order chi connectivity index (χ1) is 10.9. The molecule has 1 unspecified atom stereocenters. The number of hydrogen-bond acceptors (Lipinski definition) is 3. The molecule has 0 radical (unpaired) electrons. The summed E-state index contributed by atoms with van der Waals surface area (Å²) in [5.74, 6) is -2.16. The molecule has 2 rings (SSSR count). The summed E-state index contributed by atoms with van der Waals surface area (Å²) in [5, 5.41) is 10.8. The van der Waals surface area contributed by atoms with Crippen molar-refractivity contribution in [3.63, 3.8) is 0 Å². The lowest BCUT2D eigenvalue weighted by molar-refractivity contribution is -0.160. The second-order valence-electron chi connectivity index (χ2n) is 6.07. The van der Waals surface area contributed by atoms with Gasteiger partial charge in [0.15, 0.2) is 17.2 Å². The van der Waals surface area contributed by atoms with Crippen LogP contribution in [0.2, 0.25) is 0 Å². The van der Waals surface area contributed by atoms with Gasteiger partial charge in [-0.1, -0.05) is 19.9 Å². The highest BCUT2D eigenvalue weighted by atomic mass is 19.2. The molecule has 1 aromatic carbocycles. The molecule has 23 heavy (non-hydrogen) atoms. The molecule has 0 aromatic heterocycles. The molecule has 6 heteroatoms. The van der Waals surface area contributed by atoms with Crippen LogP contribution in [0.3, 0.4) is 0 Å². The van der Waals surface area contributed by atoms with E-state index >= 15 is 0 Å². The summed E-state index contributed by atoms with van der Waals surface area (Å²) in [6, 6.07) is 3.62. The zero-order chi connectivity index (χ0) is 17.0. The lowest BCUT2D eigenvalue weighted by Gasteiger charge is -2.40. The van der Waals surface area contributed by atoms with Crippen molar-refractivity contribution in [2.24, 2.45) is 0 Å². The zero-order valence-electron chi connectivity index (χ0n) is 13.7. The first kappa shape index (κ1) is 17.8. The van der Waals surface area contributed by atoms with Gasteiger partial charge >= 0.3 is 0 Å². The zero-order valence-corrected chi connectivity index (χ0v) is 13.7. The fourth-order valence-electron chi connectivity index (χ4n) is 3.04. The van der Waals surface area contributed by atoms with Gasteiger partial charge in [0.05, 0.1) is 0 Å². The quantitative estimate of drug-likeness (QED) is 0.871. The smallest absolute Gasteiger partial charge is 0.256 e. The maximum Gasteiger partial charge on any atom is 0.256 e. The maximum absolute atomic E-state index is 13.3. The van der Waals surface area contributed by atoms with E-state index in [1.54, 1.807) is 0 Å². The molecule has 0 aliphatic carbocycles. The molecular weight excluding hydrogens is 302 g/mol. The van der Waals surface area contributed by atoms with Crippen molar-refractivity contribution in [2.45, 2.75) is 38.8 Å². The highest BCUT2D eigenvalue weighted by molar-refractivity contribution is 5.86. The van der Waals surface area contributed by atoms with Crippen LogP contribution in [0.15, 0.2) is 18.2 Å². The summed E-state index contributed by atoms with van der Waals surface area (Å²) in [5.41, 5.74) is -0.882. The minimum absolute atomic E-state index is 0.177. The minimum Gasteiger partial charge on any atom is -0.379 e. The van der Waals surface area contributed by atoms with Crippen LogP contribution in [0.1, 0.15) is 32.3 Å². The maximum atomic E-state index is 13.3. The third-order valence-corrected chi connectivity index (χ3v) is 4.44. The summed E-state index contributed by atoms with van der Waals surface area (Å²) >= 11 is 0. The summed E-state index contributed by atoms with van der Waals surface area (Å²) < 4.78 is 26.3. The number of halogens is 2. The van der Waals surface area contributed by atoms with E-state index in [1.165, 1.54) is 11.0 Å². The molecule has 128 valence electrons. The molecular formula is C17H24F2N2O2. The average Bonchev–Trinajstić information content (AvgIpc) is 2.53. The summed E-state index contributed by atoms with van der Waals surface area (Å²) in [6.07, 6.45) is 1.11. The second kappa shape index (κ2) is 7.36. The third-order valence-electron chi connectivity index (χ3n) is 4.44. The number of rotatable bonds is 6. The van der Waals surface area contributed by atoms with Gasteiger partial charge in [-0.3, -0.25) is 4.79 Å². The number of benzene rings is 1. The van der Waals surface area contributed by atoms with Crippen LogP contribution >= 0.6 is 0 Å². The van der Waals surface area contributed by atoms with Crippen molar-refractivity contribution >= 4 is 5.91 Å². The second-order valence-corrected chi connectivity index (χ2v) is 6.07. The normalized spacial score (nSPS) is 22.0. The van der Waals surface area contributed by atoms with Crippen LogP contribution in [0.25, 0.3) is 0 Å². The Hall–Kier alpha value is -1.53. The Morgan fingerprint density at radius 2 is 1.96 bits per heavy atom. The molecule has 1 N–H and O–H groups in total. The van der Waals surface area contributed by atoms with Gasteiger partial charge in [-0.2, -0.15) is 0 Å². The van der Waals surface area contributed by atoms with E-state index in [1.807, 2.05) is 18.7 Å². The van der Waals surface area contributed by atoms with Crippen molar-refractivity contribution < 1.29 is 18.7 Å². The molecule has 1 aliphatic heterocycles. The van der Waals surface area contributed by atoms with Crippen molar-refractivity contribution in [1.29, 1.82) is 0 Å². The van der Waals surface area contributed by atoms with Gasteiger partial charge in [0.25, 0.3) is 5.91 Å². The van der Waals surface area contributed by atoms with Gasteiger partial charge in [0, 0.05) is 19.6 Å². The van der Waals surface area contributed by atoms with Gasteiger partial charge in [-0.15, -0.1) is 0 Å². The Morgan fingerprint density at radius 3 is 2.57 bits per heavy atom. The average molecular weight is 326 g/mol. The van der Waals surface area contributed by atoms with Gasteiger partial charge in [-0.25, -0.2) is 8.78 Å². The van der Waals surface area contributed by atoms with Crippen molar-refractivity contribution in [2.75, 3.05) is 26.2 Å². The summed E-state index contributed by atoms with van der Waals surface area (Å²) in [7, 11) is 0. The number of aliphatic hydroxyl groups is 1. The molecule has 1 aliphatic rings. The van der Waals surface area contributed by atoms with Crippen LogP contribution in [-0.2, 0) is 11.3 Å². The molecule has 4 nitrogen and oxygen atoms in total. The van der Waals surface area contributed by atoms with E-state index in [-0.39, 0.29) is 12.5 Å². The third kappa shape index (κ3) is 4.06. The van der Waals surface area contributed by atoms with E-state index in [0.717, 1.165) is 25.2 Å². The first-order valence-electron chi connectivity index (χ1n) is 8.07. The van der Waals surface area contributed by atoms with Crippen molar-refractivity contribution in [3.05, 3.63) is 35.4 Å². The Bertz CT molecular complexity index is 564. The van der Waals surface area contributed by atoms with Crippen LogP contribution < -0.4 is 0 Å². The molecule has 1 saturated heterocycles. The fourth-order valence-corrected chi connectivity index (χ4v) is 3.04. The number of carbonyl (C=O) groups is 1. The van der Waals surface area contributed by atoms with Crippen molar-refractivity contribution in [3.8, 4) is 0 Å². The predicted octanol–water partition coefficient (Wildman–Crippen LogP) is 2.16. The van der Waals surface area contributed by atoms with Gasteiger partial charge in [0.2, 0.25) is 0 Å². The number of amides is 1. The van der Waals surface area contributed by atoms with E-state index in [4.69, 9.17) is 0 Å². The predicted molar refractivity (Wildman–Crippen MR) is 83.7 cm³/mol. The first-order valence-corrected chi connectivity index (χ1v) is 8.07.